The molecule has 0 spiro atoms. The number of nitrogens with one attached hydrogen (secondary N) is 1. The minimum atomic E-state index is -0.428. The fraction of sp³-hybridized carbons (Fsp3) is 0.217. The number of carbonyl (C=O) groups excluding carboxylic acids is 1. The van der Waals surface area contributed by atoms with E-state index in [0.29, 0.717) is 35.4 Å². The molecule has 4 rings (SSSR count). The van der Waals surface area contributed by atoms with Crippen LogP contribution in [0.2, 0.25) is 0 Å². The molecular formula is C23H24N6O3. The highest BCUT2D eigenvalue weighted by atomic mass is 16.5. The van der Waals surface area contributed by atoms with E-state index in [1.165, 1.54) is 4.68 Å². The van der Waals surface area contributed by atoms with Crippen molar-refractivity contribution in [3.05, 3.63) is 71.2 Å². The van der Waals surface area contributed by atoms with E-state index in [2.05, 4.69) is 20.6 Å². The molecule has 4 aromatic rings. The van der Waals surface area contributed by atoms with Gasteiger partial charge in [-0.15, -0.1) is 5.10 Å². The van der Waals surface area contributed by atoms with Gasteiger partial charge in [0, 0.05) is 5.69 Å². The number of carbonyl (C=O) groups is 1. The lowest BCUT2D eigenvalue weighted by atomic mass is 10.2. The highest BCUT2D eigenvalue weighted by Gasteiger charge is 2.21. The molecule has 0 aliphatic rings. The first-order chi connectivity index (χ1) is 15.5. The number of anilines is 2. The van der Waals surface area contributed by atoms with Gasteiger partial charge in [0.2, 0.25) is 5.89 Å². The molecule has 0 unspecified atom stereocenters. The van der Waals surface area contributed by atoms with Gasteiger partial charge in [0.05, 0.1) is 18.7 Å². The number of para-hydroxylation sites is 1. The first kappa shape index (κ1) is 21.1. The molecular weight excluding hydrogens is 408 g/mol. The van der Waals surface area contributed by atoms with Crippen LogP contribution in [-0.2, 0) is 6.54 Å². The van der Waals surface area contributed by atoms with Crippen LogP contribution in [-0.4, -0.2) is 32.5 Å². The van der Waals surface area contributed by atoms with Crippen LogP contribution >= 0.6 is 0 Å². The van der Waals surface area contributed by atoms with Crippen LogP contribution < -0.4 is 15.8 Å². The molecule has 32 heavy (non-hydrogen) atoms. The molecule has 0 radical (unpaired) electrons. The Morgan fingerprint density at radius 1 is 1.19 bits per heavy atom. The molecule has 0 saturated carbocycles. The second kappa shape index (κ2) is 8.93. The van der Waals surface area contributed by atoms with Gasteiger partial charge in [-0.25, -0.2) is 9.67 Å². The predicted octanol–water partition coefficient (Wildman–Crippen LogP) is 3.83. The predicted molar refractivity (Wildman–Crippen MR) is 121 cm³/mol. The molecule has 1 amide bonds. The van der Waals surface area contributed by atoms with Crippen LogP contribution in [0.5, 0.6) is 5.75 Å². The molecule has 164 valence electrons. The summed E-state index contributed by atoms with van der Waals surface area (Å²) < 4.78 is 13.0. The number of oxazole rings is 1. The standard InChI is InChI=1S/C23H24N6O3/c1-4-31-19-11-6-5-10-17(19)23-26-18(15(3)32-23)13-29-21(24)20(27-28-29)22(30)25-16-9-7-8-14(2)12-16/h5-12H,4,13,24H2,1-3H3,(H,25,30). The maximum Gasteiger partial charge on any atom is 0.280 e. The van der Waals surface area contributed by atoms with Crippen LogP contribution in [0.15, 0.2) is 52.9 Å². The van der Waals surface area contributed by atoms with Gasteiger partial charge in [-0.2, -0.15) is 0 Å². The van der Waals surface area contributed by atoms with Crippen LogP contribution in [0, 0.1) is 13.8 Å². The van der Waals surface area contributed by atoms with E-state index in [0.717, 1.165) is 11.1 Å². The highest BCUT2D eigenvalue weighted by Crippen LogP contribution is 2.31. The molecule has 0 atom stereocenters. The highest BCUT2D eigenvalue weighted by molar-refractivity contribution is 6.05. The topological polar surface area (TPSA) is 121 Å². The van der Waals surface area contributed by atoms with E-state index in [1.807, 2.05) is 63.2 Å². The summed E-state index contributed by atoms with van der Waals surface area (Å²) in [5.41, 5.74) is 9.30. The fourth-order valence-electron chi connectivity index (χ4n) is 3.27. The van der Waals surface area contributed by atoms with Crippen molar-refractivity contribution in [2.24, 2.45) is 0 Å². The van der Waals surface area contributed by atoms with Crippen molar-refractivity contribution in [2.45, 2.75) is 27.3 Å². The summed E-state index contributed by atoms with van der Waals surface area (Å²) in [4.78, 5) is 17.2. The summed E-state index contributed by atoms with van der Waals surface area (Å²) in [6, 6.07) is 15.0. The van der Waals surface area contributed by atoms with Gasteiger partial charge in [0.1, 0.15) is 17.2 Å². The fourth-order valence-corrected chi connectivity index (χ4v) is 3.27. The minimum absolute atomic E-state index is 0.0505. The number of aryl methyl sites for hydroxylation is 2. The van der Waals surface area contributed by atoms with E-state index in [-0.39, 0.29) is 18.1 Å². The van der Waals surface area contributed by atoms with Crippen LogP contribution in [0.4, 0.5) is 11.5 Å². The normalized spacial score (nSPS) is 10.8. The third kappa shape index (κ3) is 4.31. The molecule has 2 aromatic carbocycles. The van der Waals surface area contributed by atoms with Crippen molar-refractivity contribution in [1.82, 2.24) is 20.0 Å². The summed E-state index contributed by atoms with van der Waals surface area (Å²) in [5.74, 6) is 1.47. The summed E-state index contributed by atoms with van der Waals surface area (Å²) in [7, 11) is 0. The first-order valence-electron chi connectivity index (χ1n) is 10.2. The van der Waals surface area contributed by atoms with Crippen molar-refractivity contribution >= 4 is 17.4 Å². The summed E-state index contributed by atoms with van der Waals surface area (Å²) in [5, 5.41) is 10.8. The van der Waals surface area contributed by atoms with Gasteiger partial charge in [0.25, 0.3) is 5.91 Å². The molecule has 0 aliphatic heterocycles. The number of nitrogens with zero attached hydrogens (tertiary/aromatic N) is 4. The number of hydrogen-bond donors (Lipinski definition) is 2. The maximum atomic E-state index is 12.6. The van der Waals surface area contributed by atoms with E-state index in [9.17, 15) is 4.79 Å². The monoisotopic (exact) mass is 432 g/mol. The number of aromatic nitrogens is 4. The first-order valence-corrected chi connectivity index (χ1v) is 10.2. The van der Waals surface area contributed by atoms with E-state index < -0.39 is 5.91 Å². The van der Waals surface area contributed by atoms with E-state index in [4.69, 9.17) is 14.9 Å². The van der Waals surface area contributed by atoms with Gasteiger partial charge in [0.15, 0.2) is 11.5 Å². The van der Waals surface area contributed by atoms with Crippen molar-refractivity contribution in [3.63, 3.8) is 0 Å². The van der Waals surface area contributed by atoms with Crippen molar-refractivity contribution < 1.29 is 13.9 Å². The number of benzene rings is 2. The van der Waals surface area contributed by atoms with Gasteiger partial charge < -0.3 is 20.2 Å². The Balaban J connectivity index is 1.55. The average Bonchev–Trinajstić information content (AvgIpc) is 3.31. The van der Waals surface area contributed by atoms with Gasteiger partial charge in [-0.3, -0.25) is 4.79 Å². The summed E-state index contributed by atoms with van der Waals surface area (Å²) >= 11 is 0. The van der Waals surface area contributed by atoms with Gasteiger partial charge >= 0.3 is 0 Å². The van der Waals surface area contributed by atoms with E-state index in [1.54, 1.807) is 6.07 Å². The number of hydrogen-bond acceptors (Lipinski definition) is 7. The van der Waals surface area contributed by atoms with Crippen LogP contribution in [0.3, 0.4) is 0 Å². The van der Waals surface area contributed by atoms with E-state index >= 15 is 0 Å². The molecule has 0 saturated heterocycles. The van der Waals surface area contributed by atoms with Crippen molar-refractivity contribution in [3.8, 4) is 17.2 Å². The Labute approximate surface area is 185 Å². The Kier molecular flexibility index (Phi) is 5.89. The number of ether oxygens (including phenoxy) is 1. The van der Waals surface area contributed by atoms with Crippen molar-refractivity contribution in [2.75, 3.05) is 17.7 Å². The second-order valence-electron chi connectivity index (χ2n) is 7.26. The zero-order valence-corrected chi connectivity index (χ0v) is 18.1. The number of nitrogens with two attached hydrogens (primary N) is 1. The van der Waals surface area contributed by atoms with Crippen molar-refractivity contribution in [1.29, 1.82) is 0 Å². The SMILES string of the molecule is CCOc1ccccc1-c1nc(Cn2nnc(C(=O)Nc3cccc(C)c3)c2N)c(C)o1. The molecule has 0 fully saturated rings. The maximum absolute atomic E-state index is 12.6. The number of rotatable bonds is 7. The quantitative estimate of drug-likeness (QED) is 0.455. The third-order valence-electron chi connectivity index (χ3n) is 4.87. The Hall–Kier alpha value is -4.14. The molecule has 0 aliphatic carbocycles. The Morgan fingerprint density at radius 2 is 2.00 bits per heavy atom. The summed E-state index contributed by atoms with van der Waals surface area (Å²) in [6.45, 7) is 6.42. The number of nitrogen functional groups attached to an aromatic ring is 1. The van der Waals surface area contributed by atoms with Crippen LogP contribution in [0.1, 0.15) is 34.4 Å². The third-order valence-corrected chi connectivity index (χ3v) is 4.87. The largest absolute Gasteiger partial charge is 0.493 e. The summed E-state index contributed by atoms with van der Waals surface area (Å²) in [6.07, 6.45) is 0. The van der Waals surface area contributed by atoms with Gasteiger partial charge in [-0.05, 0) is 50.6 Å². The molecule has 9 nitrogen and oxygen atoms in total. The molecule has 9 heteroatoms. The zero-order valence-electron chi connectivity index (χ0n) is 18.1. The lowest BCUT2D eigenvalue weighted by Crippen LogP contribution is -2.15. The molecule has 3 N–H and O–H groups in total. The smallest absolute Gasteiger partial charge is 0.280 e. The molecule has 2 heterocycles. The minimum Gasteiger partial charge on any atom is -0.493 e. The number of amides is 1. The Bertz CT molecular complexity index is 1260. The lowest BCUT2D eigenvalue weighted by Gasteiger charge is -2.06. The van der Waals surface area contributed by atoms with Crippen LogP contribution in [0.25, 0.3) is 11.5 Å². The lowest BCUT2D eigenvalue weighted by molar-refractivity contribution is 0.102. The zero-order chi connectivity index (χ0) is 22.7. The molecule has 2 aromatic heterocycles. The van der Waals surface area contributed by atoms with Gasteiger partial charge in [-0.1, -0.05) is 29.5 Å². The Morgan fingerprint density at radius 3 is 2.78 bits per heavy atom. The second-order valence-corrected chi connectivity index (χ2v) is 7.26. The molecule has 0 bridgehead atoms. The average molecular weight is 432 g/mol.